The number of hydrogen-bond donors (Lipinski definition) is 0. The summed E-state index contributed by atoms with van der Waals surface area (Å²) >= 11 is 0. The minimum absolute atomic E-state index is 1.03. The van der Waals surface area contributed by atoms with Crippen molar-refractivity contribution in [3.8, 4) is 0 Å². The Balaban J connectivity index is 0.000000160. The molecular weight excluding hydrogens is 196 g/mol. The first-order valence-corrected chi connectivity index (χ1v) is 5.66. The molecule has 0 radical (unpaired) electrons. The molecule has 0 fully saturated rings. The molecule has 2 heteroatoms. The van der Waals surface area contributed by atoms with Gasteiger partial charge in [0, 0.05) is 23.8 Å². The smallest absolute Gasteiger partial charge is 0.0400 e. The molecule has 2 rings (SSSR count). The van der Waals surface area contributed by atoms with Crippen molar-refractivity contribution >= 4 is 0 Å². The maximum absolute atomic E-state index is 4.10. The van der Waals surface area contributed by atoms with Crippen LogP contribution in [0.3, 0.4) is 0 Å². The van der Waals surface area contributed by atoms with Gasteiger partial charge in [-0.2, -0.15) is 0 Å². The number of aromatic nitrogens is 2. The third kappa shape index (κ3) is 4.69. The lowest BCUT2D eigenvalue weighted by Gasteiger charge is -1.88. The lowest BCUT2D eigenvalue weighted by Crippen LogP contribution is -1.81. The predicted octanol–water partition coefficient (Wildman–Crippen LogP) is 3.29. The van der Waals surface area contributed by atoms with Crippen molar-refractivity contribution in [3.05, 3.63) is 60.2 Å². The Hall–Kier alpha value is -1.70. The van der Waals surface area contributed by atoms with Gasteiger partial charge in [0.25, 0.3) is 0 Å². The highest BCUT2D eigenvalue weighted by Crippen LogP contribution is 1.92. The molecule has 0 aliphatic rings. The summed E-state index contributed by atoms with van der Waals surface area (Å²) in [6.07, 6.45) is 5.69. The van der Waals surface area contributed by atoms with Crippen molar-refractivity contribution in [2.75, 3.05) is 0 Å². The maximum Gasteiger partial charge on any atom is 0.0400 e. The molecule has 0 aromatic carbocycles. The van der Waals surface area contributed by atoms with Gasteiger partial charge >= 0.3 is 0 Å². The quantitative estimate of drug-likeness (QED) is 0.766. The van der Waals surface area contributed by atoms with E-state index in [0.29, 0.717) is 0 Å². The van der Waals surface area contributed by atoms with Crippen molar-refractivity contribution in [3.63, 3.8) is 0 Å². The summed E-state index contributed by atoms with van der Waals surface area (Å²) in [6.45, 7) is 4.20. The van der Waals surface area contributed by atoms with E-state index < -0.39 is 0 Å². The van der Waals surface area contributed by atoms with Crippen LogP contribution in [0.5, 0.6) is 0 Å². The first-order chi connectivity index (χ1) is 7.86. The van der Waals surface area contributed by atoms with Crippen LogP contribution in [0, 0.1) is 0 Å². The van der Waals surface area contributed by atoms with E-state index in [-0.39, 0.29) is 0 Å². The average Bonchev–Trinajstić information content (AvgIpc) is 2.41. The second-order valence-electron chi connectivity index (χ2n) is 3.35. The van der Waals surface area contributed by atoms with Crippen LogP contribution in [0.15, 0.2) is 48.8 Å². The van der Waals surface area contributed by atoms with E-state index in [1.165, 1.54) is 0 Å². The number of pyridine rings is 2. The maximum atomic E-state index is 4.10. The van der Waals surface area contributed by atoms with Crippen LogP contribution in [-0.4, -0.2) is 9.97 Å². The van der Waals surface area contributed by atoms with E-state index >= 15 is 0 Å². The van der Waals surface area contributed by atoms with Gasteiger partial charge in [-0.25, -0.2) is 0 Å². The van der Waals surface area contributed by atoms with Gasteiger partial charge in [-0.05, 0) is 37.1 Å². The van der Waals surface area contributed by atoms with Gasteiger partial charge in [-0.1, -0.05) is 26.0 Å². The zero-order chi connectivity index (χ0) is 11.6. The van der Waals surface area contributed by atoms with Crippen molar-refractivity contribution in [1.29, 1.82) is 0 Å². The third-order valence-corrected chi connectivity index (χ3v) is 2.18. The van der Waals surface area contributed by atoms with Crippen LogP contribution in [0.25, 0.3) is 0 Å². The minimum atomic E-state index is 1.03. The van der Waals surface area contributed by atoms with Gasteiger partial charge in [-0.3, -0.25) is 9.97 Å². The normalized spacial score (nSPS) is 9.12. The van der Waals surface area contributed by atoms with Gasteiger partial charge in [0.05, 0.1) is 0 Å². The SMILES string of the molecule is CCc1ccccn1.CCc1ccccn1. The molecular formula is C14H18N2. The Kier molecular flexibility index (Phi) is 5.86. The van der Waals surface area contributed by atoms with E-state index in [0.717, 1.165) is 24.2 Å². The van der Waals surface area contributed by atoms with Gasteiger partial charge in [0.1, 0.15) is 0 Å². The van der Waals surface area contributed by atoms with E-state index in [1.54, 1.807) is 0 Å². The molecule has 0 unspecified atom stereocenters. The number of hydrogen-bond acceptors (Lipinski definition) is 2. The van der Waals surface area contributed by atoms with Crippen LogP contribution >= 0.6 is 0 Å². The van der Waals surface area contributed by atoms with Gasteiger partial charge < -0.3 is 0 Å². The first kappa shape index (κ1) is 12.4. The molecule has 16 heavy (non-hydrogen) atoms. The zero-order valence-corrected chi connectivity index (χ0v) is 9.93. The van der Waals surface area contributed by atoms with Gasteiger partial charge in [0.15, 0.2) is 0 Å². The molecule has 2 heterocycles. The molecule has 2 aromatic heterocycles. The van der Waals surface area contributed by atoms with Gasteiger partial charge in [0.2, 0.25) is 0 Å². The van der Waals surface area contributed by atoms with E-state index in [4.69, 9.17) is 0 Å². The highest BCUT2D eigenvalue weighted by molar-refractivity contribution is 5.03. The van der Waals surface area contributed by atoms with Crippen molar-refractivity contribution in [1.82, 2.24) is 9.97 Å². The summed E-state index contributed by atoms with van der Waals surface area (Å²) < 4.78 is 0. The lowest BCUT2D eigenvalue weighted by atomic mass is 10.3. The summed E-state index contributed by atoms with van der Waals surface area (Å²) in [5.74, 6) is 0. The molecule has 2 aromatic rings. The third-order valence-electron chi connectivity index (χ3n) is 2.18. The average molecular weight is 214 g/mol. The fraction of sp³-hybridized carbons (Fsp3) is 0.286. The van der Waals surface area contributed by atoms with Crippen molar-refractivity contribution < 1.29 is 0 Å². The molecule has 0 saturated carbocycles. The van der Waals surface area contributed by atoms with Crippen molar-refractivity contribution in [2.45, 2.75) is 26.7 Å². The van der Waals surface area contributed by atoms with Gasteiger partial charge in [-0.15, -0.1) is 0 Å². The number of aryl methyl sites for hydroxylation is 2. The Labute approximate surface area is 97.4 Å². The highest BCUT2D eigenvalue weighted by atomic mass is 14.7. The Morgan fingerprint density at radius 2 is 1.19 bits per heavy atom. The second-order valence-corrected chi connectivity index (χ2v) is 3.35. The van der Waals surface area contributed by atoms with Crippen LogP contribution in [0.2, 0.25) is 0 Å². The minimum Gasteiger partial charge on any atom is -0.261 e. The van der Waals surface area contributed by atoms with Crippen molar-refractivity contribution in [2.24, 2.45) is 0 Å². The van der Waals surface area contributed by atoms with Crippen LogP contribution in [0.4, 0.5) is 0 Å². The summed E-state index contributed by atoms with van der Waals surface area (Å²) in [5, 5.41) is 0. The first-order valence-electron chi connectivity index (χ1n) is 5.66. The Morgan fingerprint density at radius 3 is 1.38 bits per heavy atom. The molecule has 0 amide bonds. The molecule has 0 N–H and O–H groups in total. The van der Waals surface area contributed by atoms with E-state index in [9.17, 15) is 0 Å². The monoisotopic (exact) mass is 214 g/mol. The summed E-state index contributed by atoms with van der Waals surface area (Å²) in [7, 11) is 0. The topological polar surface area (TPSA) is 25.8 Å². The van der Waals surface area contributed by atoms with E-state index in [2.05, 4.69) is 23.8 Å². The fourth-order valence-corrected chi connectivity index (χ4v) is 1.21. The van der Waals surface area contributed by atoms with Crippen LogP contribution in [0.1, 0.15) is 25.2 Å². The molecule has 84 valence electrons. The van der Waals surface area contributed by atoms with E-state index in [1.807, 2.05) is 48.8 Å². The Morgan fingerprint density at radius 1 is 0.750 bits per heavy atom. The molecule has 0 saturated heterocycles. The predicted molar refractivity (Wildman–Crippen MR) is 67.2 cm³/mol. The largest absolute Gasteiger partial charge is 0.261 e. The molecule has 0 spiro atoms. The summed E-state index contributed by atoms with van der Waals surface area (Å²) in [5.41, 5.74) is 2.32. The van der Waals surface area contributed by atoms with Crippen LogP contribution < -0.4 is 0 Å². The fourth-order valence-electron chi connectivity index (χ4n) is 1.21. The molecule has 0 aliphatic heterocycles. The standard InChI is InChI=1S/2C7H9N/c2*1-2-7-5-3-4-6-8-7/h2*3-6H,2H2,1H3. The number of nitrogens with zero attached hydrogens (tertiary/aromatic N) is 2. The molecule has 2 nitrogen and oxygen atoms in total. The lowest BCUT2D eigenvalue weighted by molar-refractivity contribution is 1.04. The Bertz CT molecular complexity index is 331. The summed E-state index contributed by atoms with van der Waals surface area (Å²) in [4.78, 5) is 8.19. The highest BCUT2D eigenvalue weighted by Gasteiger charge is 1.82. The molecule has 0 aliphatic carbocycles. The molecule has 0 bridgehead atoms. The summed E-state index contributed by atoms with van der Waals surface area (Å²) in [6, 6.07) is 11.9. The second kappa shape index (κ2) is 7.57. The number of rotatable bonds is 2. The molecule has 0 atom stereocenters. The van der Waals surface area contributed by atoms with Crippen LogP contribution in [-0.2, 0) is 12.8 Å². The zero-order valence-electron chi connectivity index (χ0n) is 9.93.